The molecule has 48 heavy (non-hydrogen) atoms. The predicted molar refractivity (Wildman–Crippen MR) is 183 cm³/mol. The highest BCUT2D eigenvalue weighted by Crippen LogP contribution is 2.48. The van der Waals surface area contributed by atoms with Crippen LogP contribution in [0.2, 0.25) is 0 Å². The van der Waals surface area contributed by atoms with Gasteiger partial charge < -0.3 is 10.6 Å². The van der Waals surface area contributed by atoms with E-state index in [0.29, 0.717) is 5.69 Å². The zero-order valence-electron chi connectivity index (χ0n) is 25.0. The molecule has 1 aliphatic rings. The van der Waals surface area contributed by atoms with Crippen LogP contribution in [0.3, 0.4) is 0 Å². The number of nitrogens with one attached hydrogen (secondary N) is 2. The summed E-state index contributed by atoms with van der Waals surface area (Å²) in [5.74, 6) is -1.42. The number of alkyl halides is 3. The highest BCUT2D eigenvalue weighted by atomic mass is 32.2. The Hall–Kier alpha value is -5.26. The first kappa shape index (κ1) is 32.7. The third kappa shape index (κ3) is 7.48. The summed E-state index contributed by atoms with van der Waals surface area (Å²) in [7, 11) is 0. The molecule has 2 N–H and O–H groups in total. The number of halogens is 3. The Kier molecular flexibility index (Phi) is 9.70. The average molecular weight is 682 g/mol. The van der Waals surface area contributed by atoms with E-state index >= 15 is 0 Å². The summed E-state index contributed by atoms with van der Waals surface area (Å²) in [6, 6.07) is 35.0. The molecule has 3 amide bonds. The fraction of sp³-hybridized carbons (Fsp3) is 0.0541. The molecule has 1 heterocycles. The molecule has 0 fully saturated rings. The van der Waals surface area contributed by atoms with E-state index in [9.17, 15) is 27.6 Å². The summed E-state index contributed by atoms with van der Waals surface area (Å²) in [5.41, 5.74) is 0.622. The van der Waals surface area contributed by atoms with Crippen LogP contribution in [-0.2, 0) is 15.8 Å². The summed E-state index contributed by atoms with van der Waals surface area (Å²) in [4.78, 5) is 44.3. The van der Waals surface area contributed by atoms with E-state index in [-0.39, 0.29) is 28.5 Å². The lowest BCUT2D eigenvalue weighted by molar-refractivity contribution is -0.137. The van der Waals surface area contributed by atoms with Crippen LogP contribution in [0.5, 0.6) is 0 Å². The molecule has 0 aromatic heterocycles. The summed E-state index contributed by atoms with van der Waals surface area (Å²) >= 11 is 2.95. The maximum absolute atomic E-state index is 13.7. The van der Waals surface area contributed by atoms with E-state index in [4.69, 9.17) is 0 Å². The second kappa shape index (κ2) is 14.2. The van der Waals surface area contributed by atoms with Crippen LogP contribution in [0.25, 0.3) is 6.08 Å². The smallest absolute Gasteiger partial charge is 0.321 e. The van der Waals surface area contributed by atoms with Gasteiger partial charge in [-0.1, -0.05) is 72.4 Å². The van der Waals surface area contributed by atoms with Crippen LogP contribution < -0.4 is 15.5 Å². The van der Waals surface area contributed by atoms with Crippen molar-refractivity contribution in [2.75, 3.05) is 16.0 Å². The number of thioether (sulfide) groups is 1. The second-order valence-electron chi connectivity index (χ2n) is 10.5. The molecule has 6 nitrogen and oxygen atoms in total. The minimum absolute atomic E-state index is 0.0966. The van der Waals surface area contributed by atoms with Crippen LogP contribution in [0, 0.1) is 0 Å². The van der Waals surface area contributed by atoms with Crippen molar-refractivity contribution < 1.29 is 27.6 Å². The van der Waals surface area contributed by atoms with E-state index in [1.54, 1.807) is 59.1 Å². The maximum Gasteiger partial charge on any atom is 0.416 e. The number of anilines is 3. The molecule has 0 aliphatic carbocycles. The topological polar surface area (TPSA) is 78.5 Å². The van der Waals surface area contributed by atoms with Crippen molar-refractivity contribution in [3.8, 4) is 0 Å². The van der Waals surface area contributed by atoms with E-state index in [0.717, 1.165) is 38.2 Å². The van der Waals surface area contributed by atoms with Crippen molar-refractivity contribution in [1.82, 2.24) is 5.32 Å². The zero-order valence-corrected chi connectivity index (χ0v) is 26.7. The van der Waals surface area contributed by atoms with Gasteiger partial charge in [-0.3, -0.25) is 19.3 Å². The van der Waals surface area contributed by atoms with E-state index < -0.39 is 23.6 Å². The van der Waals surface area contributed by atoms with Gasteiger partial charge in [0.05, 0.1) is 22.7 Å². The minimum atomic E-state index is -4.67. The third-order valence-corrected chi connectivity index (χ3v) is 9.38. The normalized spacial score (nSPS) is 12.5. The molecule has 0 atom stereocenters. The van der Waals surface area contributed by atoms with Crippen molar-refractivity contribution in [3.63, 3.8) is 0 Å². The van der Waals surface area contributed by atoms with Gasteiger partial charge in [-0.2, -0.15) is 13.2 Å². The number of para-hydroxylation sites is 2. The number of rotatable bonds is 8. The van der Waals surface area contributed by atoms with Crippen LogP contribution in [0.4, 0.5) is 30.2 Å². The quantitative estimate of drug-likeness (QED) is 0.126. The van der Waals surface area contributed by atoms with Crippen LogP contribution in [0.1, 0.15) is 21.5 Å². The van der Waals surface area contributed by atoms with Crippen molar-refractivity contribution in [3.05, 3.63) is 150 Å². The molecule has 11 heteroatoms. The van der Waals surface area contributed by atoms with Gasteiger partial charge in [0.2, 0.25) is 5.91 Å². The predicted octanol–water partition coefficient (Wildman–Crippen LogP) is 9.04. The Morgan fingerprint density at radius 3 is 1.96 bits per heavy atom. The lowest BCUT2D eigenvalue weighted by Crippen LogP contribution is -2.30. The monoisotopic (exact) mass is 681 g/mol. The van der Waals surface area contributed by atoms with E-state index in [2.05, 4.69) is 10.6 Å². The summed E-state index contributed by atoms with van der Waals surface area (Å²) < 4.78 is 41.2. The minimum Gasteiger partial charge on any atom is -0.321 e. The molecule has 0 radical (unpaired) electrons. The van der Waals surface area contributed by atoms with Crippen molar-refractivity contribution in [2.45, 2.75) is 20.9 Å². The zero-order chi connectivity index (χ0) is 33.7. The molecule has 0 unspecified atom stereocenters. The molecule has 0 bridgehead atoms. The van der Waals surface area contributed by atoms with Gasteiger partial charge in [-0.05, 0) is 78.4 Å². The van der Waals surface area contributed by atoms with Crippen molar-refractivity contribution >= 4 is 64.4 Å². The van der Waals surface area contributed by atoms with E-state index in [1.807, 2.05) is 48.5 Å². The Balaban J connectivity index is 1.17. The number of hydrogen-bond donors (Lipinski definition) is 2. The highest BCUT2D eigenvalue weighted by molar-refractivity contribution is 8.00. The first-order valence-electron chi connectivity index (χ1n) is 14.6. The van der Waals surface area contributed by atoms with Crippen LogP contribution in [0.15, 0.2) is 148 Å². The summed E-state index contributed by atoms with van der Waals surface area (Å²) in [6.07, 6.45) is -3.67. The number of hydrogen-bond acceptors (Lipinski definition) is 5. The Morgan fingerprint density at radius 2 is 1.31 bits per heavy atom. The number of fused-ring (bicyclic) bond motifs is 2. The van der Waals surface area contributed by atoms with Gasteiger partial charge in [-0.15, -0.1) is 11.8 Å². The van der Waals surface area contributed by atoms with Gasteiger partial charge in [0.1, 0.15) is 5.70 Å². The van der Waals surface area contributed by atoms with Crippen LogP contribution in [-0.4, -0.2) is 23.5 Å². The number of benzene rings is 5. The number of nitrogens with zero attached hydrogens (tertiary/aromatic N) is 1. The fourth-order valence-corrected chi connectivity index (χ4v) is 6.80. The molecule has 5 aromatic rings. The number of carbonyl (C=O) groups excluding carboxylic acids is 3. The molecular weight excluding hydrogens is 656 g/mol. The number of carbonyl (C=O) groups is 3. The Bertz CT molecular complexity index is 1970. The second-order valence-corrected chi connectivity index (χ2v) is 12.6. The average Bonchev–Trinajstić information content (AvgIpc) is 3.10. The maximum atomic E-state index is 13.7. The van der Waals surface area contributed by atoms with Gasteiger partial charge in [-0.25, -0.2) is 0 Å². The Labute approximate surface area is 283 Å². The molecule has 240 valence electrons. The molecule has 5 aromatic carbocycles. The molecular formula is C37H26F3N3O3S2. The SMILES string of the molecule is O=C(Nc1ccc(SCC(=O)N2c3ccccc3Sc3ccccc32)cc1)/C(=C/c1ccccc1C(F)(F)F)NC(=O)c1ccccc1. The third-order valence-electron chi connectivity index (χ3n) is 7.25. The highest BCUT2D eigenvalue weighted by Gasteiger charge is 2.33. The number of amides is 3. The van der Waals surface area contributed by atoms with Gasteiger partial charge in [0.25, 0.3) is 11.8 Å². The standard InChI is InChI=1S/C37H26F3N3O3S2/c38-37(39,40)28-13-5-4-12-25(28)22-29(42-35(45)24-10-2-1-3-11-24)36(46)41-26-18-20-27(21-19-26)47-23-34(44)43-30-14-6-8-16-32(30)48-33-17-9-7-15-31(33)43/h1-22H,23H2,(H,41,46)(H,42,45)/b29-22-. The molecule has 1 aliphatic heterocycles. The lowest BCUT2D eigenvalue weighted by Gasteiger charge is -2.31. The van der Waals surface area contributed by atoms with Gasteiger partial charge in [0.15, 0.2) is 0 Å². The fourth-order valence-electron chi connectivity index (χ4n) is 4.99. The summed E-state index contributed by atoms with van der Waals surface area (Å²) in [6.45, 7) is 0. The Morgan fingerprint density at radius 1 is 0.729 bits per heavy atom. The molecule has 0 saturated carbocycles. The van der Waals surface area contributed by atoms with E-state index in [1.165, 1.54) is 42.1 Å². The lowest BCUT2D eigenvalue weighted by atomic mass is 10.1. The molecule has 0 spiro atoms. The first-order valence-corrected chi connectivity index (χ1v) is 16.4. The molecule has 0 saturated heterocycles. The summed E-state index contributed by atoms with van der Waals surface area (Å²) in [5, 5.41) is 5.12. The first-order chi connectivity index (χ1) is 23.2. The van der Waals surface area contributed by atoms with Gasteiger partial charge in [0, 0.05) is 25.9 Å². The van der Waals surface area contributed by atoms with Crippen LogP contribution >= 0.6 is 23.5 Å². The van der Waals surface area contributed by atoms with Gasteiger partial charge >= 0.3 is 6.18 Å². The van der Waals surface area contributed by atoms with Crippen molar-refractivity contribution in [1.29, 1.82) is 0 Å². The largest absolute Gasteiger partial charge is 0.416 e. The van der Waals surface area contributed by atoms with Crippen molar-refractivity contribution in [2.24, 2.45) is 0 Å². The molecule has 6 rings (SSSR count).